The third-order valence-electron chi connectivity index (χ3n) is 20.4. The van der Waals surface area contributed by atoms with E-state index >= 15 is 9.00 Å². The van der Waals surface area contributed by atoms with Gasteiger partial charge in [-0.05, 0) is 87.3 Å². The summed E-state index contributed by atoms with van der Waals surface area (Å²) in [6.45, 7) is 5.80. The number of aliphatic hydroxyl groups excluding tert-OH is 3. The number of carbonyl (C=O) groups excluding carboxylic acids is 13. The maximum absolute atomic E-state index is 15.5. The number of Topliss-reactive ketones (excluding diaryl/α,β-unsaturated/α-hetero) is 2. The van der Waals surface area contributed by atoms with Gasteiger partial charge in [0.05, 0.1) is 73.5 Å². The number of imide groups is 1. The number of ether oxygens (including phenoxy) is 1. The van der Waals surface area contributed by atoms with E-state index in [1.54, 1.807) is 44.7 Å². The molecule has 98 heavy (non-hydrogen) atoms. The van der Waals surface area contributed by atoms with E-state index in [0.29, 0.717) is 99.8 Å². The minimum atomic E-state index is -2.42. The highest BCUT2D eigenvalue weighted by atomic mass is 32.2. The number of aliphatic hydroxyl groups is 3. The molecule has 31 heteroatoms. The molecule has 1 aliphatic carbocycles. The third kappa shape index (κ3) is 19.3. The lowest BCUT2D eigenvalue weighted by Gasteiger charge is -2.32. The third-order valence-corrected chi connectivity index (χ3v) is 23.2. The SMILES string of the molecule is CC[C@H](C)[C@@H]1CC(=O)CNC(=O)[C@H]2CC(=O)[C@H]([C@@H](C)[C@@H](O)CO)NC(=O)[C@@H]3C[C@@H](O)CN3C(=O)[C@H](CC(N)=O)NC(=O)[C@H](CS(=O)c3[nH]c4c(CSC5CCN(C(=O)CCCCCNC(=O)C6CCC(CN7C(=O)CC(C)C7=O)CC6)CC5)c(OC)ccc4c3C2)NC(=O)CNC1=O. The number of rotatable bonds is 20. The molecule has 29 nitrogen and oxygen atoms in total. The molecule has 2 bridgehead atoms. The van der Waals surface area contributed by atoms with Gasteiger partial charge in [0.1, 0.15) is 28.9 Å². The molecular weight excluding hydrogens is 1310 g/mol. The van der Waals surface area contributed by atoms with Crippen LogP contribution in [0.5, 0.6) is 5.75 Å². The number of amides is 11. The summed E-state index contributed by atoms with van der Waals surface area (Å²) in [7, 11) is -0.954. The number of carbonyl (C=O) groups is 13. The van der Waals surface area contributed by atoms with Gasteiger partial charge in [-0.15, -0.1) is 0 Å². The minimum Gasteiger partial charge on any atom is -0.496 e. The standard InChI is InChI=1S/C67H97N11O18S2/c1-6-35(2)45-25-41(80)28-70-61(89)40-23-46-44-15-16-53(96-5)47(33-97-43-17-20-76(21-18-43)56(86)10-8-7-9-19-69-60(88)39-13-11-38(12-14-39)30-78-57(87)22-36(3)66(78)93)59(44)75-65(46)98(95)34-49(72-55(85)29-71-62(45)90)63(91)73-48(27-54(68)84)67(94)77-31-42(81)26-50(77)64(92)74-58(51(82)24-40)37(4)52(83)32-79/h15-16,35-40,42-43,45,48-50,52,58,75,79,81,83H,6-14,17-34H2,1-5H3,(H2,68,84)(H,69,88)(H,70,89)(H,71,90)(H,72,85)(H,73,91)(H,74,92)/t35-,36?,37-,38?,39?,40+,42+,45-,48-,49-,50-,52-,58-,98?/m0/s1. The number of fused-ring (bicyclic) bond motifs is 5. The zero-order valence-electron chi connectivity index (χ0n) is 56.5. The fraction of sp³-hybridized carbons (Fsp3) is 0.687. The highest BCUT2D eigenvalue weighted by molar-refractivity contribution is 7.99. The lowest BCUT2D eigenvalue weighted by Crippen LogP contribution is -2.60. The average Bonchev–Trinajstić information content (AvgIpc) is 1.61. The van der Waals surface area contributed by atoms with Crippen molar-refractivity contribution in [1.82, 2.24) is 51.6 Å². The second-order valence-electron chi connectivity index (χ2n) is 27.4. The summed E-state index contributed by atoms with van der Waals surface area (Å²) in [5.74, 6) is -13.0. The second-order valence-corrected chi connectivity index (χ2v) is 30.1. The summed E-state index contributed by atoms with van der Waals surface area (Å²) in [5, 5.41) is 48.3. The van der Waals surface area contributed by atoms with Gasteiger partial charge in [-0.3, -0.25) is 71.4 Å². The topological polar surface area (TPSA) is 433 Å². The van der Waals surface area contributed by atoms with E-state index in [0.717, 1.165) is 24.2 Å². The number of nitrogens with two attached hydrogens (primary N) is 1. The smallest absolute Gasteiger partial charge is 0.246 e. The van der Waals surface area contributed by atoms with Crippen molar-refractivity contribution in [2.45, 2.75) is 189 Å². The van der Waals surface area contributed by atoms with Crippen molar-refractivity contribution in [3.8, 4) is 5.75 Å². The maximum atomic E-state index is 15.5. The molecule has 540 valence electrons. The van der Waals surface area contributed by atoms with E-state index in [2.05, 4.69) is 36.9 Å². The predicted octanol–water partition coefficient (Wildman–Crippen LogP) is -0.334. The second kappa shape index (κ2) is 35.1. The monoisotopic (exact) mass is 1410 g/mol. The summed E-state index contributed by atoms with van der Waals surface area (Å²) in [6.07, 6.45) is 1.57. The zero-order valence-corrected chi connectivity index (χ0v) is 58.2. The van der Waals surface area contributed by atoms with Crippen molar-refractivity contribution >= 4 is 110 Å². The first-order valence-corrected chi connectivity index (χ1v) is 36.7. The molecule has 1 saturated carbocycles. The molecule has 1 aromatic heterocycles. The molecule has 11 amide bonds. The van der Waals surface area contributed by atoms with Crippen molar-refractivity contribution in [1.29, 1.82) is 0 Å². The number of piperidine rings is 1. The van der Waals surface area contributed by atoms with E-state index in [9.17, 15) is 72.9 Å². The number of ketones is 2. The highest BCUT2D eigenvalue weighted by Gasteiger charge is 2.46. The van der Waals surface area contributed by atoms with E-state index in [4.69, 9.17) is 10.5 Å². The summed E-state index contributed by atoms with van der Waals surface area (Å²) in [5.41, 5.74) is 6.80. The number of nitrogens with one attached hydrogen (secondary N) is 7. The number of hydrogen-bond acceptors (Lipinski definition) is 19. The lowest BCUT2D eigenvalue weighted by atomic mass is 9.81. The molecule has 1 aromatic carbocycles. The van der Waals surface area contributed by atoms with Crippen LogP contribution in [0.2, 0.25) is 0 Å². The minimum absolute atomic E-state index is 0.00526. The molecule has 4 fully saturated rings. The summed E-state index contributed by atoms with van der Waals surface area (Å²) < 4.78 is 21.4. The van der Waals surface area contributed by atoms with Crippen LogP contribution in [-0.4, -0.2) is 223 Å². The molecule has 2 unspecified atom stereocenters. The van der Waals surface area contributed by atoms with Crippen LogP contribution >= 0.6 is 11.8 Å². The van der Waals surface area contributed by atoms with E-state index in [-0.39, 0.29) is 75.8 Å². The molecule has 2 aromatic rings. The fourth-order valence-corrected chi connectivity index (χ4v) is 16.8. The van der Waals surface area contributed by atoms with Crippen LogP contribution in [0.3, 0.4) is 0 Å². The average molecular weight is 1410 g/mol. The van der Waals surface area contributed by atoms with Gasteiger partial charge in [-0.2, -0.15) is 11.8 Å². The van der Waals surface area contributed by atoms with Crippen molar-refractivity contribution in [3.63, 3.8) is 0 Å². The Kier molecular flexibility index (Phi) is 27.4. The molecule has 3 saturated heterocycles. The van der Waals surface area contributed by atoms with Crippen LogP contribution in [0.25, 0.3) is 10.9 Å². The molecule has 12 N–H and O–H groups in total. The Hall–Kier alpha value is -7.35. The molecule has 8 rings (SSSR count). The van der Waals surface area contributed by atoms with Gasteiger partial charge < -0.3 is 72.5 Å². The van der Waals surface area contributed by atoms with E-state index in [1.807, 2.05) is 4.90 Å². The van der Waals surface area contributed by atoms with Crippen LogP contribution in [0.15, 0.2) is 17.2 Å². The van der Waals surface area contributed by atoms with E-state index in [1.165, 1.54) is 18.9 Å². The first-order chi connectivity index (χ1) is 46.7. The number of aromatic amines is 1. The lowest BCUT2D eigenvalue weighted by molar-refractivity contribution is -0.144. The van der Waals surface area contributed by atoms with Crippen molar-refractivity contribution in [2.24, 2.45) is 47.2 Å². The fourth-order valence-electron chi connectivity index (χ4n) is 14.2. The number of nitrogens with zero attached hydrogens (tertiary/aromatic N) is 3. The van der Waals surface area contributed by atoms with Crippen LogP contribution in [0.4, 0.5) is 0 Å². The number of unbranched alkanes of at least 4 members (excludes halogenated alkanes) is 2. The van der Waals surface area contributed by atoms with Crippen LogP contribution in [0.1, 0.15) is 142 Å². The van der Waals surface area contributed by atoms with Crippen LogP contribution in [-0.2, 0) is 85.3 Å². The van der Waals surface area contributed by atoms with Crippen molar-refractivity contribution < 1.29 is 86.6 Å². The quantitative estimate of drug-likeness (QED) is 0.0597. The Morgan fingerprint density at radius 2 is 1.56 bits per heavy atom. The Bertz CT molecular complexity index is 3350. The van der Waals surface area contributed by atoms with Crippen LogP contribution in [0, 0.1) is 41.4 Å². The summed E-state index contributed by atoms with van der Waals surface area (Å²) >= 11 is 1.59. The molecule has 6 aliphatic rings. The summed E-state index contributed by atoms with van der Waals surface area (Å²) in [6, 6.07) is -3.63. The Morgan fingerprint density at radius 3 is 2.22 bits per heavy atom. The van der Waals surface area contributed by atoms with Gasteiger partial charge in [0.25, 0.3) is 0 Å². The zero-order chi connectivity index (χ0) is 71.2. The molecule has 0 radical (unpaired) electrons. The van der Waals surface area contributed by atoms with Crippen molar-refractivity contribution in [2.75, 3.05) is 65.3 Å². The first-order valence-electron chi connectivity index (χ1n) is 34.4. The number of benzene rings is 1. The van der Waals surface area contributed by atoms with Gasteiger partial charge in [0, 0.05) is 116 Å². The van der Waals surface area contributed by atoms with Gasteiger partial charge in [0.15, 0.2) is 11.6 Å². The number of H-pyrrole nitrogens is 1. The first kappa shape index (κ1) is 76.4. The Balaban J connectivity index is 1.03. The molecule has 6 heterocycles. The normalized spacial score (nSPS) is 28.0. The molecule has 12 atom stereocenters. The number of methoxy groups -OCH3 is 1. The van der Waals surface area contributed by atoms with Gasteiger partial charge in [-0.25, -0.2) is 0 Å². The molecule has 5 aliphatic heterocycles. The maximum Gasteiger partial charge on any atom is 0.246 e. The number of hydrogen-bond donors (Lipinski definition) is 11. The number of primary amides is 1. The number of aromatic nitrogens is 1. The number of likely N-dealkylation sites (tertiary alicyclic amines) is 2. The van der Waals surface area contributed by atoms with Gasteiger partial charge in [-0.1, -0.05) is 40.5 Å². The Morgan fingerprint density at radius 1 is 0.847 bits per heavy atom. The predicted molar refractivity (Wildman–Crippen MR) is 358 cm³/mol. The Labute approximate surface area is 576 Å². The highest BCUT2D eigenvalue weighted by Crippen LogP contribution is 2.40. The van der Waals surface area contributed by atoms with Gasteiger partial charge >= 0.3 is 0 Å². The van der Waals surface area contributed by atoms with Crippen LogP contribution < -0.4 is 42.4 Å². The van der Waals surface area contributed by atoms with Gasteiger partial charge in [0.2, 0.25) is 65.0 Å². The van der Waals surface area contributed by atoms with Crippen molar-refractivity contribution in [3.05, 3.63) is 23.3 Å². The molecule has 0 spiro atoms. The molecular formula is C67H97N11O18S2. The van der Waals surface area contributed by atoms with E-state index < -0.39 is 181 Å². The number of thioether (sulfide) groups is 1. The summed E-state index contributed by atoms with van der Waals surface area (Å²) in [4.78, 5) is 187. The largest absolute Gasteiger partial charge is 0.496 e.